The molecule has 3 aromatic rings. The van der Waals surface area contributed by atoms with E-state index in [1.807, 2.05) is 29.6 Å². The number of thiophene rings is 2. The van der Waals surface area contributed by atoms with Gasteiger partial charge in [-0.2, -0.15) is 0 Å². The number of aliphatic imine (C=N–C) groups is 1. The fourth-order valence-electron chi connectivity index (χ4n) is 2.29. The van der Waals surface area contributed by atoms with E-state index >= 15 is 0 Å². The third-order valence-electron chi connectivity index (χ3n) is 3.60. The van der Waals surface area contributed by atoms with Crippen molar-refractivity contribution in [1.82, 2.24) is 10.6 Å². The van der Waals surface area contributed by atoms with E-state index in [2.05, 4.69) is 21.7 Å². The maximum atomic E-state index is 10.3. The SMILES string of the molecule is I.OC(CNC(=NCc1cccs1)NCCc1ccco1)c1ccc(Cl)s1. The van der Waals surface area contributed by atoms with Crippen LogP contribution in [0, 0.1) is 0 Å². The molecule has 0 radical (unpaired) electrons. The summed E-state index contributed by atoms with van der Waals surface area (Å²) in [5.74, 6) is 1.58. The topological polar surface area (TPSA) is 69.8 Å². The van der Waals surface area contributed by atoms with Crippen LogP contribution in [0.3, 0.4) is 0 Å². The Morgan fingerprint density at radius 2 is 2.11 bits per heavy atom. The second kappa shape index (κ2) is 11.7. The third kappa shape index (κ3) is 7.46. The minimum atomic E-state index is -0.633. The summed E-state index contributed by atoms with van der Waals surface area (Å²) in [6, 6.07) is 11.5. The number of aliphatic hydroxyl groups is 1. The molecule has 9 heteroatoms. The van der Waals surface area contributed by atoms with Gasteiger partial charge in [0.1, 0.15) is 11.9 Å². The van der Waals surface area contributed by atoms with E-state index in [4.69, 9.17) is 16.0 Å². The fraction of sp³-hybridized carbons (Fsp3) is 0.278. The molecule has 5 nitrogen and oxygen atoms in total. The van der Waals surface area contributed by atoms with E-state index in [0.29, 0.717) is 29.9 Å². The van der Waals surface area contributed by atoms with Crippen molar-refractivity contribution in [3.8, 4) is 0 Å². The van der Waals surface area contributed by atoms with Crippen molar-refractivity contribution in [2.75, 3.05) is 13.1 Å². The maximum Gasteiger partial charge on any atom is 0.191 e. The number of aliphatic hydroxyl groups excluding tert-OH is 1. The van der Waals surface area contributed by atoms with Crippen LogP contribution in [0.25, 0.3) is 0 Å². The smallest absolute Gasteiger partial charge is 0.191 e. The van der Waals surface area contributed by atoms with Gasteiger partial charge in [-0.3, -0.25) is 0 Å². The molecule has 0 bridgehead atoms. The van der Waals surface area contributed by atoms with Gasteiger partial charge >= 0.3 is 0 Å². The molecule has 1 unspecified atom stereocenters. The van der Waals surface area contributed by atoms with E-state index in [0.717, 1.165) is 17.1 Å². The number of nitrogens with zero attached hydrogens (tertiary/aromatic N) is 1. The number of halogens is 2. The zero-order valence-corrected chi connectivity index (χ0v) is 19.1. The van der Waals surface area contributed by atoms with Crippen molar-refractivity contribution >= 4 is 64.2 Å². The zero-order valence-electron chi connectivity index (χ0n) is 14.4. The number of hydrogen-bond donors (Lipinski definition) is 3. The lowest BCUT2D eigenvalue weighted by atomic mass is 10.3. The molecule has 0 aromatic carbocycles. The van der Waals surface area contributed by atoms with Crippen molar-refractivity contribution in [2.45, 2.75) is 19.1 Å². The first kappa shape index (κ1) is 22.2. The molecule has 0 aliphatic rings. The Morgan fingerprint density at radius 1 is 1.22 bits per heavy atom. The lowest BCUT2D eigenvalue weighted by molar-refractivity contribution is 0.184. The van der Waals surface area contributed by atoms with Crippen molar-refractivity contribution in [2.24, 2.45) is 4.99 Å². The first-order valence-corrected chi connectivity index (χ1v) is 10.3. The van der Waals surface area contributed by atoms with Crippen molar-refractivity contribution < 1.29 is 9.52 Å². The van der Waals surface area contributed by atoms with Crippen LogP contribution in [0.1, 0.15) is 21.6 Å². The molecule has 0 aliphatic carbocycles. The molecule has 0 saturated carbocycles. The Balaban J connectivity index is 0.00000261. The molecule has 27 heavy (non-hydrogen) atoms. The Bertz CT molecular complexity index is 807. The van der Waals surface area contributed by atoms with Crippen molar-refractivity contribution in [3.63, 3.8) is 0 Å². The van der Waals surface area contributed by atoms with Crippen LogP contribution in [0.15, 0.2) is 57.5 Å². The molecule has 0 aliphatic heterocycles. The lowest BCUT2D eigenvalue weighted by Gasteiger charge is -2.15. The maximum absolute atomic E-state index is 10.3. The molecule has 3 rings (SSSR count). The summed E-state index contributed by atoms with van der Waals surface area (Å²) in [7, 11) is 0. The number of nitrogens with one attached hydrogen (secondary N) is 2. The molecule has 0 amide bonds. The molecule has 146 valence electrons. The summed E-state index contributed by atoms with van der Waals surface area (Å²) in [4.78, 5) is 6.61. The minimum Gasteiger partial charge on any atom is -0.469 e. The van der Waals surface area contributed by atoms with Gasteiger partial charge < -0.3 is 20.2 Å². The first-order valence-electron chi connectivity index (χ1n) is 8.21. The van der Waals surface area contributed by atoms with Gasteiger partial charge in [-0.05, 0) is 35.7 Å². The summed E-state index contributed by atoms with van der Waals surface area (Å²) >= 11 is 8.98. The van der Waals surface area contributed by atoms with Gasteiger partial charge in [-0.15, -0.1) is 46.7 Å². The van der Waals surface area contributed by atoms with Crippen LogP contribution in [-0.2, 0) is 13.0 Å². The van der Waals surface area contributed by atoms with Crippen LogP contribution in [0.2, 0.25) is 4.34 Å². The van der Waals surface area contributed by atoms with E-state index in [-0.39, 0.29) is 24.0 Å². The molecule has 3 heterocycles. The third-order valence-corrected chi connectivity index (χ3v) is 5.80. The minimum absolute atomic E-state index is 0. The van der Waals surface area contributed by atoms with Gasteiger partial charge in [0.05, 0.1) is 17.1 Å². The molecular formula is C18H21ClIN3O2S2. The number of guanidine groups is 1. The van der Waals surface area contributed by atoms with Crippen LogP contribution >= 0.6 is 58.3 Å². The number of rotatable bonds is 8. The monoisotopic (exact) mass is 537 g/mol. The second-order valence-electron chi connectivity index (χ2n) is 5.54. The molecule has 3 aromatic heterocycles. The normalized spacial score (nSPS) is 12.4. The average Bonchev–Trinajstić information content (AvgIpc) is 3.39. The van der Waals surface area contributed by atoms with E-state index in [1.54, 1.807) is 23.7 Å². The standard InChI is InChI=1S/C18H20ClN3O2S2.HI/c19-17-6-5-16(26-17)15(23)12-22-18(21-11-14-4-2-10-25-14)20-8-7-13-3-1-9-24-13;/h1-6,9-10,15,23H,7-8,11-12H2,(H2,20,21,22);1H. The van der Waals surface area contributed by atoms with Gasteiger partial charge in [0, 0.05) is 29.3 Å². The molecule has 1 atom stereocenters. The van der Waals surface area contributed by atoms with Gasteiger partial charge in [-0.25, -0.2) is 4.99 Å². The molecule has 0 spiro atoms. The molecular weight excluding hydrogens is 517 g/mol. The first-order chi connectivity index (χ1) is 12.7. The highest BCUT2D eigenvalue weighted by Gasteiger charge is 2.11. The average molecular weight is 538 g/mol. The molecule has 0 fully saturated rings. The van der Waals surface area contributed by atoms with Crippen molar-refractivity contribution in [3.05, 3.63) is 67.9 Å². The van der Waals surface area contributed by atoms with Crippen LogP contribution in [-0.4, -0.2) is 24.2 Å². The quantitative estimate of drug-likeness (QED) is 0.222. The summed E-state index contributed by atoms with van der Waals surface area (Å²) in [6.45, 7) is 1.63. The highest BCUT2D eigenvalue weighted by atomic mass is 127. The summed E-state index contributed by atoms with van der Waals surface area (Å²) in [5.41, 5.74) is 0. The van der Waals surface area contributed by atoms with Gasteiger partial charge in [0.2, 0.25) is 0 Å². The Hall–Kier alpha value is -1.07. The van der Waals surface area contributed by atoms with Crippen LogP contribution < -0.4 is 10.6 Å². The van der Waals surface area contributed by atoms with Crippen LogP contribution in [0.4, 0.5) is 0 Å². The molecule has 0 saturated heterocycles. The Morgan fingerprint density at radius 3 is 2.78 bits per heavy atom. The predicted octanol–water partition coefficient (Wildman–Crippen LogP) is 4.69. The summed E-state index contributed by atoms with van der Waals surface area (Å²) < 4.78 is 6.01. The number of hydrogen-bond acceptors (Lipinski definition) is 5. The Kier molecular flexibility index (Phi) is 9.63. The zero-order chi connectivity index (χ0) is 18.2. The molecule has 3 N–H and O–H groups in total. The van der Waals surface area contributed by atoms with Gasteiger partial charge in [-0.1, -0.05) is 17.7 Å². The van der Waals surface area contributed by atoms with Gasteiger partial charge in [0.25, 0.3) is 0 Å². The Labute approximate surface area is 188 Å². The fourth-order valence-corrected chi connectivity index (χ4v) is 3.97. The van der Waals surface area contributed by atoms with Gasteiger partial charge in [0.15, 0.2) is 5.96 Å². The lowest BCUT2D eigenvalue weighted by Crippen LogP contribution is -2.40. The summed E-state index contributed by atoms with van der Waals surface area (Å²) in [5, 5.41) is 18.8. The second-order valence-corrected chi connectivity index (χ2v) is 8.32. The highest BCUT2D eigenvalue weighted by molar-refractivity contribution is 14.0. The predicted molar refractivity (Wildman–Crippen MR) is 124 cm³/mol. The van der Waals surface area contributed by atoms with E-state index < -0.39 is 6.10 Å². The summed E-state index contributed by atoms with van der Waals surface area (Å²) in [6.07, 6.45) is 1.80. The van der Waals surface area contributed by atoms with E-state index in [1.165, 1.54) is 16.2 Å². The largest absolute Gasteiger partial charge is 0.469 e. The highest BCUT2D eigenvalue weighted by Crippen LogP contribution is 2.26. The van der Waals surface area contributed by atoms with E-state index in [9.17, 15) is 5.11 Å². The number of furan rings is 1. The van der Waals surface area contributed by atoms with Crippen molar-refractivity contribution in [1.29, 1.82) is 0 Å². The van der Waals surface area contributed by atoms with Crippen LogP contribution in [0.5, 0.6) is 0 Å².